The summed E-state index contributed by atoms with van der Waals surface area (Å²) in [6.07, 6.45) is 1.57. The van der Waals surface area contributed by atoms with Crippen molar-refractivity contribution in [2.45, 2.75) is 26.9 Å². The van der Waals surface area contributed by atoms with Crippen LogP contribution in [0.1, 0.15) is 18.3 Å². The Morgan fingerprint density at radius 2 is 2.24 bits per heavy atom. The molecule has 1 aromatic heterocycles. The Labute approximate surface area is 106 Å². The third kappa shape index (κ3) is 2.77. The first-order valence-corrected chi connectivity index (χ1v) is 5.95. The smallest absolute Gasteiger partial charge is 0.146 e. The number of anilines is 1. The van der Waals surface area contributed by atoms with Crippen molar-refractivity contribution in [3.8, 4) is 0 Å². The lowest BCUT2D eigenvalue weighted by molar-refractivity contribution is 0.622. The normalized spacial score (nSPS) is 10.5. The van der Waals surface area contributed by atoms with Crippen LogP contribution in [-0.4, -0.2) is 14.8 Å². The average molecular weight is 251 g/mol. The number of hydrogen-bond acceptors (Lipinski definition) is 3. The van der Waals surface area contributed by atoms with E-state index in [9.17, 15) is 0 Å². The third-order valence-corrected chi connectivity index (χ3v) is 2.87. The third-order valence-electron chi connectivity index (χ3n) is 2.63. The van der Waals surface area contributed by atoms with Crippen LogP contribution in [0.3, 0.4) is 0 Å². The highest BCUT2D eigenvalue weighted by Gasteiger charge is 2.04. The van der Waals surface area contributed by atoms with Crippen LogP contribution in [0.4, 0.5) is 5.69 Å². The van der Waals surface area contributed by atoms with Crippen molar-refractivity contribution in [1.29, 1.82) is 0 Å². The maximum absolute atomic E-state index is 5.96. The maximum Gasteiger partial charge on any atom is 0.146 e. The van der Waals surface area contributed by atoms with E-state index >= 15 is 0 Å². The minimum atomic E-state index is 0.648. The molecule has 0 amide bonds. The van der Waals surface area contributed by atoms with E-state index in [0.29, 0.717) is 6.54 Å². The fourth-order valence-corrected chi connectivity index (χ4v) is 1.82. The van der Waals surface area contributed by atoms with Gasteiger partial charge in [-0.2, -0.15) is 5.10 Å². The molecule has 0 aliphatic heterocycles. The van der Waals surface area contributed by atoms with Crippen molar-refractivity contribution in [2.24, 2.45) is 0 Å². The largest absolute Gasteiger partial charge is 0.377 e. The van der Waals surface area contributed by atoms with E-state index in [1.165, 1.54) is 0 Å². The summed E-state index contributed by atoms with van der Waals surface area (Å²) in [4.78, 5) is 4.21. The van der Waals surface area contributed by atoms with Crippen LogP contribution >= 0.6 is 11.6 Å². The summed E-state index contributed by atoms with van der Waals surface area (Å²) in [5, 5.41) is 8.18. The number of nitrogens with zero attached hydrogens (tertiary/aromatic N) is 3. The van der Waals surface area contributed by atoms with Crippen molar-refractivity contribution in [2.75, 3.05) is 5.32 Å². The molecule has 0 saturated carbocycles. The predicted molar refractivity (Wildman–Crippen MR) is 69.2 cm³/mol. The molecule has 0 saturated heterocycles. The van der Waals surface area contributed by atoms with Crippen molar-refractivity contribution in [1.82, 2.24) is 14.8 Å². The van der Waals surface area contributed by atoms with Gasteiger partial charge in [0.25, 0.3) is 0 Å². The highest BCUT2D eigenvalue weighted by Crippen LogP contribution is 2.20. The van der Waals surface area contributed by atoms with Crippen LogP contribution in [0.5, 0.6) is 0 Å². The van der Waals surface area contributed by atoms with Crippen molar-refractivity contribution < 1.29 is 0 Å². The summed E-state index contributed by atoms with van der Waals surface area (Å²) >= 11 is 5.96. The molecule has 0 unspecified atom stereocenters. The molecule has 2 aromatic rings. The summed E-state index contributed by atoms with van der Waals surface area (Å²) in [5.74, 6) is 0.923. The van der Waals surface area contributed by atoms with Gasteiger partial charge >= 0.3 is 0 Å². The Hall–Kier alpha value is -1.55. The number of aromatic nitrogens is 3. The molecule has 0 aliphatic rings. The van der Waals surface area contributed by atoms with Gasteiger partial charge in [-0.15, -0.1) is 0 Å². The van der Waals surface area contributed by atoms with Gasteiger partial charge < -0.3 is 5.32 Å². The number of halogens is 1. The Morgan fingerprint density at radius 3 is 3.00 bits per heavy atom. The first kappa shape index (κ1) is 11.9. The maximum atomic E-state index is 5.96. The van der Waals surface area contributed by atoms with Crippen LogP contribution in [0.2, 0.25) is 5.02 Å². The molecule has 2 rings (SSSR count). The van der Waals surface area contributed by atoms with E-state index in [-0.39, 0.29) is 0 Å². The topological polar surface area (TPSA) is 42.7 Å². The lowest BCUT2D eigenvalue weighted by Crippen LogP contribution is -2.09. The molecule has 0 spiro atoms. The van der Waals surface area contributed by atoms with Gasteiger partial charge in [0, 0.05) is 17.3 Å². The summed E-state index contributed by atoms with van der Waals surface area (Å²) < 4.78 is 1.87. The second-order valence-corrected chi connectivity index (χ2v) is 4.24. The van der Waals surface area contributed by atoms with Gasteiger partial charge in [-0.3, -0.25) is 0 Å². The first-order chi connectivity index (χ1) is 8.20. The molecule has 4 nitrogen and oxygen atoms in total. The Balaban J connectivity index is 2.09. The number of benzene rings is 1. The second-order valence-electron chi connectivity index (χ2n) is 3.80. The summed E-state index contributed by atoms with van der Waals surface area (Å²) in [5.41, 5.74) is 2.19. The quantitative estimate of drug-likeness (QED) is 0.907. The molecule has 0 bridgehead atoms. The standard InChI is InChI=1S/C12H15ClN4/c1-3-17-12(15-8-16-17)7-14-11-6-10(13)5-4-9(11)2/h4-6,8,14H,3,7H2,1-2H3. The van der Waals surface area contributed by atoms with E-state index in [1.54, 1.807) is 6.33 Å². The number of rotatable bonds is 4. The molecular formula is C12H15ClN4. The zero-order chi connectivity index (χ0) is 12.3. The van der Waals surface area contributed by atoms with E-state index in [4.69, 9.17) is 11.6 Å². The molecule has 0 atom stereocenters. The van der Waals surface area contributed by atoms with Crippen LogP contribution in [0.15, 0.2) is 24.5 Å². The van der Waals surface area contributed by atoms with Gasteiger partial charge in [0.15, 0.2) is 0 Å². The molecule has 0 fully saturated rings. The SMILES string of the molecule is CCn1ncnc1CNc1cc(Cl)ccc1C. The van der Waals surface area contributed by atoms with Gasteiger partial charge in [0.1, 0.15) is 12.2 Å². The summed E-state index contributed by atoms with van der Waals surface area (Å²) in [6, 6.07) is 5.80. The highest BCUT2D eigenvalue weighted by molar-refractivity contribution is 6.30. The van der Waals surface area contributed by atoms with E-state index in [0.717, 1.165) is 28.6 Å². The first-order valence-electron chi connectivity index (χ1n) is 5.57. The Bertz CT molecular complexity index is 507. The molecule has 90 valence electrons. The summed E-state index contributed by atoms with van der Waals surface area (Å²) in [7, 11) is 0. The fraction of sp³-hybridized carbons (Fsp3) is 0.333. The van der Waals surface area contributed by atoms with Crippen LogP contribution in [-0.2, 0) is 13.1 Å². The van der Waals surface area contributed by atoms with Crippen LogP contribution in [0.25, 0.3) is 0 Å². The molecule has 1 heterocycles. The number of nitrogens with one attached hydrogen (secondary N) is 1. The zero-order valence-electron chi connectivity index (χ0n) is 9.94. The van der Waals surface area contributed by atoms with E-state index in [1.807, 2.05) is 36.7 Å². The summed E-state index contributed by atoms with van der Waals surface area (Å²) in [6.45, 7) is 5.56. The minimum Gasteiger partial charge on any atom is -0.377 e. The predicted octanol–water partition coefficient (Wildman–Crippen LogP) is 2.87. The zero-order valence-corrected chi connectivity index (χ0v) is 10.7. The second kappa shape index (κ2) is 5.19. The molecule has 1 aromatic carbocycles. The molecular weight excluding hydrogens is 236 g/mol. The Morgan fingerprint density at radius 1 is 1.41 bits per heavy atom. The van der Waals surface area contributed by atoms with Gasteiger partial charge in [-0.25, -0.2) is 9.67 Å². The van der Waals surface area contributed by atoms with Crippen molar-refractivity contribution in [3.05, 3.63) is 40.9 Å². The minimum absolute atomic E-state index is 0.648. The Kier molecular flexibility index (Phi) is 3.64. The lowest BCUT2D eigenvalue weighted by atomic mass is 10.2. The van der Waals surface area contributed by atoms with Gasteiger partial charge in [0.05, 0.1) is 6.54 Å². The molecule has 1 N–H and O–H groups in total. The number of aryl methyl sites for hydroxylation is 2. The lowest BCUT2D eigenvalue weighted by Gasteiger charge is -2.09. The van der Waals surface area contributed by atoms with E-state index in [2.05, 4.69) is 15.4 Å². The highest BCUT2D eigenvalue weighted by atomic mass is 35.5. The monoisotopic (exact) mass is 250 g/mol. The molecule has 0 radical (unpaired) electrons. The molecule has 5 heteroatoms. The van der Waals surface area contributed by atoms with Gasteiger partial charge in [0.2, 0.25) is 0 Å². The van der Waals surface area contributed by atoms with Crippen LogP contribution < -0.4 is 5.32 Å². The molecule has 17 heavy (non-hydrogen) atoms. The van der Waals surface area contributed by atoms with Gasteiger partial charge in [-0.1, -0.05) is 17.7 Å². The molecule has 0 aliphatic carbocycles. The van der Waals surface area contributed by atoms with E-state index < -0.39 is 0 Å². The average Bonchev–Trinajstić information content (AvgIpc) is 2.77. The van der Waals surface area contributed by atoms with Gasteiger partial charge in [-0.05, 0) is 31.5 Å². The number of hydrogen-bond donors (Lipinski definition) is 1. The van der Waals surface area contributed by atoms with Crippen molar-refractivity contribution in [3.63, 3.8) is 0 Å². The fourth-order valence-electron chi connectivity index (χ4n) is 1.65. The van der Waals surface area contributed by atoms with Crippen LogP contribution in [0, 0.1) is 6.92 Å². The van der Waals surface area contributed by atoms with Crippen molar-refractivity contribution >= 4 is 17.3 Å².